The number of hydrogen-bond acceptors (Lipinski definition) is 4. The van der Waals surface area contributed by atoms with Gasteiger partial charge in [0.05, 0.1) is 6.42 Å². The number of nitrogens with zero attached hydrogens (tertiary/aromatic N) is 1. The van der Waals surface area contributed by atoms with Gasteiger partial charge in [0.2, 0.25) is 0 Å². The molecule has 0 aromatic carbocycles. The molecule has 0 radical (unpaired) electrons. The molecule has 84 valence electrons. The molecule has 0 saturated carbocycles. The van der Waals surface area contributed by atoms with Gasteiger partial charge in [0.1, 0.15) is 5.01 Å². The van der Waals surface area contributed by atoms with Crippen LogP contribution in [0.2, 0.25) is 0 Å². The van der Waals surface area contributed by atoms with Crippen LogP contribution in [0.5, 0.6) is 0 Å². The van der Waals surface area contributed by atoms with Gasteiger partial charge in [-0.05, 0) is 11.7 Å². The van der Waals surface area contributed by atoms with Crippen molar-refractivity contribution in [1.29, 1.82) is 0 Å². The molecule has 15 heavy (non-hydrogen) atoms. The van der Waals surface area contributed by atoms with Crippen LogP contribution in [0.25, 0.3) is 0 Å². The van der Waals surface area contributed by atoms with Gasteiger partial charge < -0.3 is 5.11 Å². The van der Waals surface area contributed by atoms with Crippen molar-refractivity contribution < 1.29 is 9.90 Å². The van der Waals surface area contributed by atoms with Gasteiger partial charge in [-0.1, -0.05) is 13.8 Å². The first-order chi connectivity index (χ1) is 7.08. The molecule has 1 heterocycles. The molecule has 0 saturated heterocycles. The minimum Gasteiger partial charge on any atom is -0.481 e. The SMILES string of the molecule is CC(C)SCc1ncc(CCC(=O)O)s1. The molecule has 0 aliphatic rings. The van der Waals surface area contributed by atoms with E-state index in [0.29, 0.717) is 11.7 Å². The molecule has 0 amide bonds. The van der Waals surface area contributed by atoms with Gasteiger partial charge in [-0.3, -0.25) is 4.79 Å². The number of thiazole rings is 1. The summed E-state index contributed by atoms with van der Waals surface area (Å²) in [6.07, 6.45) is 2.59. The molecule has 1 rings (SSSR count). The fraction of sp³-hybridized carbons (Fsp3) is 0.600. The smallest absolute Gasteiger partial charge is 0.303 e. The molecule has 0 spiro atoms. The lowest BCUT2D eigenvalue weighted by atomic mass is 10.3. The third-order valence-corrected chi connectivity index (χ3v) is 4.07. The molecule has 0 bridgehead atoms. The normalized spacial score (nSPS) is 10.9. The lowest BCUT2D eigenvalue weighted by Crippen LogP contribution is -1.95. The van der Waals surface area contributed by atoms with Crippen LogP contribution in [-0.2, 0) is 17.0 Å². The van der Waals surface area contributed by atoms with Crippen molar-refractivity contribution in [2.75, 3.05) is 0 Å². The van der Waals surface area contributed by atoms with Gasteiger partial charge in [0.15, 0.2) is 0 Å². The number of carboxylic acid groups (broad SMARTS) is 1. The topological polar surface area (TPSA) is 50.2 Å². The zero-order valence-corrected chi connectivity index (χ0v) is 10.5. The largest absolute Gasteiger partial charge is 0.481 e. The molecule has 0 fully saturated rings. The zero-order chi connectivity index (χ0) is 11.3. The number of thioether (sulfide) groups is 1. The highest BCUT2D eigenvalue weighted by molar-refractivity contribution is 7.99. The van der Waals surface area contributed by atoms with Gasteiger partial charge in [-0.15, -0.1) is 11.3 Å². The third kappa shape index (κ3) is 5.18. The second-order valence-corrected chi connectivity index (χ2v) is 6.24. The lowest BCUT2D eigenvalue weighted by molar-refractivity contribution is -0.136. The van der Waals surface area contributed by atoms with Crippen LogP contribution >= 0.6 is 23.1 Å². The summed E-state index contributed by atoms with van der Waals surface area (Å²) < 4.78 is 0. The summed E-state index contributed by atoms with van der Waals surface area (Å²) in [5.41, 5.74) is 0. The Morgan fingerprint density at radius 3 is 3.00 bits per heavy atom. The second kappa shape index (κ2) is 6.12. The summed E-state index contributed by atoms with van der Waals surface area (Å²) in [5.74, 6) is 0.177. The van der Waals surface area contributed by atoms with E-state index >= 15 is 0 Å². The van der Waals surface area contributed by atoms with E-state index in [1.165, 1.54) is 0 Å². The Hall–Kier alpha value is -0.550. The van der Waals surface area contributed by atoms with Gasteiger partial charge in [0, 0.05) is 16.8 Å². The van der Waals surface area contributed by atoms with E-state index < -0.39 is 5.97 Å². The van der Waals surface area contributed by atoms with Crippen LogP contribution in [-0.4, -0.2) is 21.3 Å². The maximum atomic E-state index is 10.4. The summed E-state index contributed by atoms with van der Waals surface area (Å²) in [6, 6.07) is 0. The molecule has 0 unspecified atom stereocenters. The molecule has 5 heteroatoms. The first-order valence-electron chi connectivity index (χ1n) is 4.85. The van der Waals surface area contributed by atoms with Crippen molar-refractivity contribution >= 4 is 29.1 Å². The minimum atomic E-state index is -0.749. The molecular formula is C10H15NO2S2. The molecule has 3 nitrogen and oxygen atoms in total. The summed E-state index contributed by atoms with van der Waals surface area (Å²) in [4.78, 5) is 15.7. The van der Waals surface area contributed by atoms with E-state index in [1.54, 1.807) is 17.5 Å². The predicted molar refractivity (Wildman–Crippen MR) is 64.5 cm³/mol. The fourth-order valence-corrected chi connectivity index (χ4v) is 2.71. The summed E-state index contributed by atoms with van der Waals surface area (Å²) >= 11 is 3.48. The Balaban J connectivity index is 2.38. The number of hydrogen-bond donors (Lipinski definition) is 1. The molecular weight excluding hydrogens is 230 g/mol. The minimum absolute atomic E-state index is 0.193. The maximum Gasteiger partial charge on any atom is 0.303 e. The highest BCUT2D eigenvalue weighted by Gasteiger charge is 2.05. The Morgan fingerprint density at radius 1 is 1.67 bits per heavy atom. The van der Waals surface area contributed by atoms with Crippen molar-refractivity contribution in [3.05, 3.63) is 16.1 Å². The van der Waals surface area contributed by atoms with Crippen LogP contribution in [0.3, 0.4) is 0 Å². The van der Waals surface area contributed by atoms with Crippen molar-refractivity contribution in [3.8, 4) is 0 Å². The third-order valence-electron chi connectivity index (χ3n) is 1.73. The quantitative estimate of drug-likeness (QED) is 0.837. The Labute approximate surface area is 97.9 Å². The number of carboxylic acids is 1. The van der Waals surface area contributed by atoms with E-state index in [-0.39, 0.29) is 6.42 Å². The monoisotopic (exact) mass is 245 g/mol. The van der Waals surface area contributed by atoms with E-state index in [0.717, 1.165) is 15.6 Å². The Bertz CT molecular complexity index is 323. The zero-order valence-electron chi connectivity index (χ0n) is 8.90. The maximum absolute atomic E-state index is 10.4. The number of rotatable bonds is 6. The van der Waals surface area contributed by atoms with E-state index in [2.05, 4.69) is 18.8 Å². The highest BCUT2D eigenvalue weighted by Crippen LogP contribution is 2.22. The van der Waals surface area contributed by atoms with Gasteiger partial charge in [0.25, 0.3) is 0 Å². The summed E-state index contributed by atoms with van der Waals surface area (Å²) in [5, 5.41) is 10.2. The summed E-state index contributed by atoms with van der Waals surface area (Å²) in [6.45, 7) is 4.31. The standard InChI is InChI=1S/C10H15NO2S2/c1-7(2)14-6-9-11-5-8(15-9)3-4-10(12)13/h5,7H,3-4,6H2,1-2H3,(H,12,13). The van der Waals surface area contributed by atoms with Crippen LogP contribution in [0, 0.1) is 0 Å². The Morgan fingerprint density at radius 2 is 2.40 bits per heavy atom. The lowest BCUT2D eigenvalue weighted by Gasteiger charge is -2.00. The van der Waals surface area contributed by atoms with Crippen molar-refractivity contribution in [2.24, 2.45) is 0 Å². The van der Waals surface area contributed by atoms with Crippen LogP contribution in [0.15, 0.2) is 6.20 Å². The van der Waals surface area contributed by atoms with Crippen LogP contribution < -0.4 is 0 Å². The average molecular weight is 245 g/mol. The summed E-state index contributed by atoms with van der Waals surface area (Å²) in [7, 11) is 0. The van der Waals surface area contributed by atoms with Crippen molar-refractivity contribution in [1.82, 2.24) is 4.98 Å². The van der Waals surface area contributed by atoms with E-state index in [9.17, 15) is 4.79 Å². The van der Waals surface area contributed by atoms with E-state index in [4.69, 9.17) is 5.11 Å². The molecule has 0 aliphatic carbocycles. The van der Waals surface area contributed by atoms with E-state index in [1.807, 2.05) is 11.8 Å². The average Bonchev–Trinajstić information content (AvgIpc) is 2.59. The number of aryl methyl sites for hydroxylation is 1. The molecule has 1 N–H and O–H groups in total. The first kappa shape index (κ1) is 12.5. The highest BCUT2D eigenvalue weighted by atomic mass is 32.2. The second-order valence-electron chi connectivity index (χ2n) is 3.47. The van der Waals surface area contributed by atoms with Gasteiger partial charge in [-0.2, -0.15) is 11.8 Å². The van der Waals surface area contributed by atoms with Crippen molar-refractivity contribution in [2.45, 2.75) is 37.7 Å². The first-order valence-corrected chi connectivity index (χ1v) is 6.71. The molecule has 0 aliphatic heterocycles. The van der Waals surface area contributed by atoms with Gasteiger partial charge in [-0.25, -0.2) is 4.98 Å². The number of aromatic nitrogens is 1. The molecule has 1 aromatic heterocycles. The molecule has 0 atom stereocenters. The van der Waals surface area contributed by atoms with Crippen LogP contribution in [0.1, 0.15) is 30.2 Å². The number of carbonyl (C=O) groups is 1. The van der Waals surface area contributed by atoms with Crippen LogP contribution in [0.4, 0.5) is 0 Å². The van der Waals surface area contributed by atoms with Gasteiger partial charge >= 0.3 is 5.97 Å². The number of aliphatic carboxylic acids is 1. The predicted octanol–water partition coefficient (Wildman–Crippen LogP) is 2.80. The Kier molecular flexibility index (Phi) is 5.11. The van der Waals surface area contributed by atoms with Crippen molar-refractivity contribution in [3.63, 3.8) is 0 Å². The molecule has 1 aromatic rings. The fourth-order valence-electron chi connectivity index (χ4n) is 0.998.